The van der Waals surface area contributed by atoms with E-state index >= 15 is 0 Å². The minimum absolute atomic E-state index is 0.0146. The summed E-state index contributed by atoms with van der Waals surface area (Å²) in [5.74, 6) is 8.03. The van der Waals surface area contributed by atoms with E-state index in [4.69, 9.17) is 52.5 Å². The molecule has 11 aromatic carbocycles. The molecule has 718 valence electrons. The number of hydrogen-bond donors (Lipinski definition) is 1. The smallest absolute Gasteiger partial charge is 0.344 e. The van der Waals surface area contributed by atoms with Crippen molar-refractivity contribution in [3.63, 3.8) is 0 Å². The van der Waals surface area contributed by atoms with Gasteiger partial charge in [0.2, 0.25) is 12.6 Å². The molecule has 134 heavy (non-hydrogen) atoms. The monoisotopic (exact) mass is 1860 g/mol. The summed E-state index contributed by atoms with van der Waals surface area (Å²) in [4.78, 5) is 15.6. The van der Waals surface area contributed by atoms with Gasteiger partial charge in [0, 0.05) is 29.9 Å². The van der Waals surface area contributed by atoms with Crippen molar-refractivity contribution in [2.45, 2.75) is 292 Å². The van der Waals surface area contributed by atoms with E-state index in [0.717, 1.165) is 97.5 Å². The van der Waals surface area contributed by atoms with Crippen LogP contribution < -0.4 is 28.4 Å². The number of phenols is 1. The third kappa shape index (κ3) is 34.2. The van der Waals surface area contributed by atoms with Gasteiger partial charge in [-0.3, -0.25) is 0 Å². The van der Waals surface area contributed by atoms with Crippen LogP contribution in [0.5, 0.6) is 40.2 Å². The molecule has 2 saturated carbocycles. The first-order valence-corrected chi connectivity index (χ1v) is 51.8. The molecule has 0 bridgehead atoms. The van der Waals surface area contributed by atoms with E-state index in [1.807, 2.05) is 91.9 Å². The van der Waals surface area contributed by atoms with E-state index < -0.39 is 21.0 Å². The Balaban J connectivity index is 0.000000169. The molecule has 15 rings (SSSR count). The lowest BCUT2D eigenvalue weighted by Gasteiger charge is -2.42. The summed E-state index contributed by atoms with van der Waals surface area (Å²) in [6.45, 7) is 31.8. The van der Waals surface area contributed by atoms with Gasteiger partial charge in [-0.1, -0.05) is 285 Å². The molecule has 0 radical (unpaired) electrons. The molecule has 11 aromatic rings. The van der Waals surface area contributed by atoms with Gasteiger partial charge >= 0.3 is 5.97 Å². The maximum atomic E-state index is 12.1. The molecule has 0 spiro atoms. The molecule has 2 aliphatic heterocycles. The topological polar surface area (TPSA) is 187 Å². The average molecular weight is 1860 g/mol. The number of hydrogen-bond acceptors (Lipinski definition) is 15. The Morgan fingerprint density at radius 3 is 1.32 bits per heavy atom. The number of phenolic OH excluding ortho intramolecular Hbond substituents is 1. The number of para-hydroxylation sites is 2. The second-order valence-corrected chi connectivity index (χ2v) is 39.7. The molecule has 15 nitrogen and oxygen atoms in total. The zero-order valence-electron chi connectivity index (χ0n) is 81.6. The summed E-state index contributed by atoms with van der Waals surface area (Å²) in [6, 6.07) is 95.2. The highest BCUT2D eigenvalue weighted by atomic mass is 32.2. The molecule has 2 aliphatic carbocycles. The van der Waals surface area contributed by atoms with Crippen LogP contribution in [0.3, 0.4) is 0 Å². The molecule has 10 atom stereocenters. The van der Waals surface area contributed by atoms with E-state index in [1.165, 1.54) is 132 Å². The Morgan fingerprint density at radius 2 is 0.851 bits per heavy atom. The first-order valence-electron chi connectivity index (χ1n) is 49.2. The van der Waals surface area contributed by atoms with Crippen LogP contribution in [0.25, 0.3) is 0 Å². The van der Waals surface area contributed by atoms with Gasteiger partial charge in [-0.2, -0.15) is 0 Å². The van der Waals surface area contributed by atoms with E-state index in [0.29, 0.717) is 79.4 Å². The van der Waals surface area contributed by atoms with Gasteiger partial charge in [0.15, 0.2) is 21.0 Å². The summed E-state index contributed by atoms with van der Waals surface area (Å²) < 4.78 is 93.6. The molecule has 0 amide bonds. The fourth-order valence-electron chi connectivity index (χ4n) is 16.8. The fourth-order valence-corrected chi connectivity index (χ4v) is 19.6. The molecule has 1 saturated heterocycles. The molecule has 2 heterocycles. The maximum Gasteiger partial charge on any atom is 0.344 e. The van der Waals surface area contributed by atoms with Crippen LogP contribution in [-0.4, -0.2) is 82.1 Å². The standard InChI is InChI=1S/C26H42O3.C25H34O3.C21H26O3.C18H15S.C17H18O5S.C10H14O/c1-5-20(2)21-14-16-23(17-15-21)29-25(28-19-24-13-9-10-18-27-24)26(3,4)22-11-7-6-8-12-22;1-3-20(2)21-14-16-24(17-15-21)28-25(22-10-6-4-7-11-22)27-19-18-26-23-12-8-5-9-13-23;1-4-15(2)17-9-11-18(12-10-17)23-16(3)24-21-13-14-22-20-8-6-5-7-19(20)21;1-4-10-16(11-5-1)19(17-12-6-2-7-13-17)18-14-8-3-9-15-18;1-3-12(2)13-8-10-14(11-9-13)22-17(18)15-6-4-5-7-16(15)23(19,20)21;1-3-8(2)9-4-6-10(11)7-5-9/h14-17,20,22,24-25H,5-13,18-19H2,1-4H3;5,8-9,12-17,20,22,25H,3-4,6-7,10-11,18-19H2,1-2H3;5-12,15-16,21H,4,13-14H2,1-3H3;1-15H;4-12H,3H2,1-2H3,(H,19,20,21);4-8,11H,3H2,1-2H3/q;;;+1;;/p-1. The fraction of sp³-hybridized carbons (Fsp3) is 0.427. The summed E-state index contributed by atoms with van der Waals surface area (Å²) in [6.07, 6.45) is 22.2. The first kappa shape index (κ1) is 106. The van der Waals surface area contributed by atoms with Crippen LogP contribution >= 0.6 is 0 Å². The molecular formula is C117H148O15S2. The van der Waals surface area contributed by atoms with E-state index in [-0.39, 0.29) is 53.0 Å². The van der Waals surface area contributed by atoms with Crippen LogP contribution in [0, 0.1) is 17.3 Å². The van der Waals surface area contributed by atoms with E-state index in [9.17, 15) is 17.8 Å². The second-order valence-electron chi connectivity index (χ2n) is 36.3. The highest BCUT2D eigenvalue weighted by Crippen LogP contribution is 2.44. The van der Waals surface area contributed by atoms with Crippen molar-refractivity contribution in [3.05, 3.63) is 330 Å². The Kier molecular flexibility index (Phi) is 44.5. The van der Waals surface area contributed by atoms with Gasteiger partial charge in [0.25, 0.3) is 0 Å². The molecule has 4 aliphatic rings. The summed E-state index contributed by atoms with van der Waals surface area (Å²) in [5, 5.41) is 9.01. The van der Waals surface area contributed by atoms with Crippen LogP contribution in [-0.2, 0) is 40.0 Å². The lowest BCUT2D eigenvalue weighted by Crippen LogP contribution is -2.44. The lowest BCUT2D eigenvalue weighted by molar-refractivity contribution is -0.188. The van der Waals surface area contributed by atoms with E-state index in [1.54, 1.807) is 24.3 Å². The van der Waals surface area contributed by atoms with Crippen LogP contribution in [0.2, 0.25) is 0 Å². The minimum Gasteiger partial charge on any atom is -0.744 e. The van der Waals surface area contributed by atoms with E-state index in [2.05, 4.69) is 241 Å². The lowest BCUT2D eigenvalue weighted by atomic mass is 9.70. The number of esters is 1. The second kappa shape index (κ2) is 56.3. The van der Waals surface area contributed by atoms with Gasteiger partial charge < -0.3 is 57.0 Å². The van der Waals surface area contributed by atoms with Gasteiger partial charge in [0.1, 0.15) is 57.0 Å². The predicted octanol–water partition coefficient (Wildman–Crippen LogP) is 30.2. The van der Waals surface area contributed by atoms with Gasteiger partial charge in [-0.25, -0.2) is 13.2 Å². The Labute approximate surface area is 804 Å². The van der Waals surface area contributed by atoms with Crippen molar-refractivity contribution in [1.29, 1.82) is 0 Å². The normalized spacial score (nSPS) is 16.8. The maximum absolute atomic E-state index is 12.1. The number of ether oxygens (including phenoxy) is 10. The van der Waals surface area contributed by atoms with Crippen molar-refractivity contribution in [2.75, 3.05) is 33.0 Å². The number of benzene rings is 11. The zero-order valence-corrected chi connectivity index (χ0v) is 83.2. The van der Waals surface area contributed by atoms with Gasteiger partial charge in [-0.05, 0) is 275 Å². The molecule has 10 unspecified atom stereocenters. The van der Waals surface area contributed by atoms with Crippen molar-refractivity contribution in [3.8, 4) is 40.2 Å². The van der Waals surface area contributed by atoms with Crippen LogP contribution in [0.1, 0.15) is 291 Å². The van der Waals surface area contributed by atoms with Crippen molar-refractivity contribution >= 4 is 27.0 Å². The highest BCUT2D eigenvalue weighted by molar-refractivity contribution is 7.97. The Hall–Kier alpha value is -10.2. The molecule has 17 heteroatoms. The molecular weight excluding hydrogens is 1710 g/mol. The van der Waals surface area contributed by atoms with Crippen molar-refractivity contribution in [2.24, 2.45) is 17.3 Å². The van der Waals surface area contributed by atoms with Gasteiger partial charge in [-0.15, -0.1) is 0 Å². The third-order valence-corrected chi connectivity index (χ3v) is 29.4. The van der Waals surface area contributed by atoms with Crippen molar-refractivity contribution in [1.82, 2.24) is 0 Å². The first-order chi connectivity index (χ1) is 64.9. The Morgan fingerprint density at radius 1 is 0.433 bits per heavy atom. The van der Waals surface area contributed by atoms with Gasteiger partial charge in [0.05, 0.1) is 53.4 Å². The molecule has 3 fully saturated rings. The number of fused-ring (bicyclic) bond motifs is 1. The number of carbonyl (C=O) groups is 1. The SMILES string of the molecule is CCC(C)c1ccc(O)cc1.CCC(C)c1ccc(OC(=O)c2ccccc2S(=O)(=O)[O-])cc1.CCC(C)c1ccc(OC(C)OC2CCOc3ccccc32)cc1.CCC(C)c1ccc(OC(OCC2CCCCO2)C(C)(C)C2CCCCC2)cc1.CCC(C)c1ccc(OC(OCCOc2ccccc2)C2CCCCC2)cc1.c1ccc([S+](c2ccccc2)c2ccccc2)cc1. The third-order valence-electron chi connectivity index (χ3n) is 26.3. The quantitative estimate of drug-likeness (QED) is 0.00986. The molecule has 1 N–H and O–H groups in total. The summed E-state index contributed by atoms with van der Waals surface area (Å²) in [7, 11) is -4.76. The Bertz CT molecular complexity index is 5090. The zero-order chi connectivity index (χ0) is 95.5. The summed E-state index contributed by atoms with van der Waals surface area (Å²) >= 11 is 0. The van der Waals surface area contributed by atoms with Crippen LogP contribution in [0.15, 0.2) is 311 Å². The number of carbonyl (C=O) groups excluding carboxylic acids is 1. The highest BCUT2D eigenvalue weighted by Gasteiger charge is 2.41. The average Bonchev–Trinajstić information content (AvgIpc) is 0.833. The predicted molar refractivity (Wildman–Crippen MR) is 542 cm³/mol. The van der Waals surface area contributed by atoms with Crippen LogP contribution in [0.4, 0.5) is 0 Å². The largest absolute Gasteiger partial charge is 0.744 e. The molecule has 0 aromatic heterocycles. The van der Waals surface area contributed by atoms with Crippen molar-refractivity contribution < 1.29 is 70.2 Å². The number of rotatable bonds is 35. The minimum atomic E-state index is -4.74. The number of aromatic hydroxyl groups is 1. The summed E-state index contributed by atoms with van der Waals surface area (Å²) in [5.41, 5.74) is 7.31.